The molecule has 18 heavy (non-hydrogen) atoms. The Morgan fingerprint density at radius 2 is 1.50 bits per heavy atom. The Labute approximate surface area is 119 Å². The molecule has 0 saturated heterocycles. The number of hydrogen-bond acceptors (Lipinski definition) is 0. The van der Waals surface area contributed by atoms with Gasteiger partial charge in [-0.25, -0.2) is 0 Å². The second-order valence-electron chi connectivity index (χ2n) is 4.68. The fourth-order valence-corrected chi connectivity index (χ4v) is 2.81. The van der Waals surface area contributed by atoms with E-state index in [9.17, 15) is 0 Å². The van der Waals surface area contributed by atoms with E-state index in [1.807, 2.05) is 32.0 Å². The van der Waals surface area contributed by atoms with Crippen LogP contribution in [0.5, 0.6) is 0 Å². The van der Waals surface area contributed by atoms with Gasteiger partial charge in [0, 0.05) is 5.02 Å². The van der Waals surface area contributed by atoms with Crippen LogP contribution >= 0.6 is 23.2 Å². The highest BCUT2D eigenvalue weighted by atomic mass is 35.5. The number of rotatable bonds is 2. The second-order valence-corrected chi connectivity index (χ2v) is 5.52. The van der Waals surface area contributed by atoms with Crippen LogP contribution in [0.15, 0.2) is 36.4 Å². The van der Waals surface area contributed by atoms with Gasteiger partial charge in [0.05, 0.1) is 5.38 Å². The lowest BCUT2D eigenvalue weighted by atomic mass is 9.95. The second kappa shape index (κ2) is 5.34. The minimum atomic E-state index is -0.123. The zero-order valence-corrected chi connectivity index (χ0v) is 12.3. The molecule has 0 nitrogen and oxygen atoms in total. The van der Waals surface area contributed by atoms with E-state index in [1.165, 1.54) is 5.56 Å². The van der Waals surface area contributed by atoms with E-state index in [0.29, 0.717) is 0 Å². The topological polar surface area (TPSA) is 0 Å². The van der Waals surface area contributed by atoms with E-state index in [1.54, 1.807) is 0 Å². The van der Waals surface area contributed by atoms with Crippen LogP contribution in [-0.4, -0.2) is 0 Å². The van der Waals surface area contributed by atoms with Gasteiger partial charge in [-0.05, 0) is 54.7 Å². The zero-order valence-electron chi connectivity index (χ0n) is 10.8. The van der Waals surface area contributed by atoms with Crippen LogP contribution < -0.4 is 0 Å². The fourth-order valence-electron chi connectivity index (χ4n) is 2.12. The zero-order chi connectivity index (χ0) is 13.3. The molecule has 0 aliphatic heterocycles. The molecule has 2 aromatic carbocycles. The van der Waals surface area contributed by atoms with E-state index in [2.05, 4.69) is 25.1 Å². The normalized spacial score (nSPS) is 12.5. The minimum Gasteiger partial charge on any atom is -0.113 e. The predicted octanol–water partition coefficient (Wildman–Crippen LogP) is 5.59. The van der Waals surface area contributed by atoms with Gasteiger partial charge in [-0.1, -0.05) is 41.9 Å². The highest BCUT2D eigenvalue weighted by Crippen LogP contribution is 2.34. The molecule has 0 amide bonds. The Morgan fingerprint density at radius 1 is 0.833 bits per heavy atom. The standard InChI is InChI=1S/C16H16Cl2/c1-10-6-4-5-7-13(10)16(18)14-8-12(3)15(17)9-11(14)2/h4-9,16H,1-3H3. The van der Waals surface area contributed by atoms with Gasteiger partial charge in [-0.3, -0.25) is 0 Å². The lowest BCUT2D eigenvalue weighted by Crippen LogP contribution is -1.99. The summed E-state index contributed by atoms with van der Waals surface area (Å²) in [7, 11) is 0. The van der Waals surface area contributed by atoms with Crippen molar-refractivity contribution in [3.63, 3.8) is 0 Å². The Morgan fingerprint density at radius 3 is 2.17 bits per heavy atom. The summed E-state index contributed by atoms with van der Waals surface area (Å²) in [6, 6.07) is 12.3. The summed E-state index contributed by atoms with van der Waals surface area (Å²) in [4.78, 5) is 0. The van der Waals surface area contributed by atoms with Gasteiger partial charge in [0.2, 0.25) is 0 Å². The molecule has 0 aliphatic carbocycles. The van der Waals surface area contributed by atoms with Crippen molar-refractivity contribution in [1.82, 2.24) is 0 Å². The summed E-state index contributed by atoms with van der Waals surface area (Å²) in [5.41, 5.74) is 5.70. The number of aryl methyl sites for hydroxylation is 3. The average molecular weight is 279 g/mol. The first-order chi connectivity index (χ1) is 8.50. The molecule has 1 unspecified atom stereocenters. The maximum absolute atomic E-state index is 6.62. The van der Waals surface area contributed by atoms with Gasteiger partial charge in [0.1, 0.15) is 0 Å². The first kappa shape index (κ1) is 13.5. The highest BCUT2D eigenvalue weighted by Gasteiger charge is 2.16. The summed E-state index contributed by atoms with van der Waals surface area (Å²) in [6.45, 7) is 6.14. The van der Waals surface area contributed by atoms with E-state index < -0.39 is 0 Å². The molecule has 2 rings (SSSR count). The Hall–Kier alpha value is -0.980. The molecule has 2 heteroatoms. The van der Waals surface area contributed by atoms with Crippen molar-refractivity contribution < 1.29 is 0 Å². The van der Waals surface area contributed by atoms with Crippen molar-refractivity contribution in [2.75, 3.05) is 0 Å². The Bertz CT molecular complexity index is 573. The lowest BCUT2D eigenvalue weighted by Gasteiger charge is -2.17. The third kappa shape index (κ3) is 2.55. The molecule has 0 saturated carbocycles. The van der Waals surface area contributed by atoms with Crippen LogP contribution in [0.3, 0.4) is 0 Å². The van der Waals surface area contributed by atoms with Crippen molar-refractivity contribution in [2.45, 2.75) is 26.1 Å². The van der Waals surface area contributed by atoms with Crippen LogP contribution in [0.25, 0.3) is 0 Å². The minimum absolute atomic E-state index is 0.123. The quantitative estimate of drug-likeness (QED) is 0.628. The van der Waals surface area contributed by atoms with Gasteiger partial charge < -0.3 is 0 Å². The molecular weight excluding hydrogens is 263 g/mol. The van der Waals surface area contributed by atoms with E-state index in [4.69, 9.17) is 23.2 Å². The summed E-state index contributed by atoms with van der Waals surface area (Å²) in [5.74, 6) is 0. The first-order valence-electron chi connectivity index (χ1n) is 5.97. The van der Waals surface area contributed by atoms with Gasteiger partial charge in [0.15, 0.2) is 0 Å². The SMILES string of the molecule is Cc1cc(C(Cl)c2ccccc2C)c(C)cc1Cl. The molecule has 0 aliphatic rings. The molecule has 0 heterocycles. The number of alkyl halides is 1. The molecule has 0 fully saturated rings. The first-order valence-corrected chi connectivity index (χ1v) is 6.78. The highest BCUT2D eigenvalue weighted by molar-refractivity contribution is 6.31. The largest absolute Gasteiger partial charge is 0.113 e. The van der Waals surface area contributed by atoms with Crippen LogP contribution in [-0.2, 0) is 0 Å². The average Bonchev–Trinajstić information content (AvgIpc) is 2.33. The fraction of sp³-hybridized carbons (Fsp3) is 0.250. The van der Waals surface area contributed by atoms with Crippen LogP contribution in [0.2, 0.25) is 5.02 Å². The summed E-state index contributed by atoms with van der Waals surface area (Å²) < 4.78 is 0. The molecule has 94 valence electrons. The maximum Gasteiger partial charge on any atom is 0.0840 e. The third-order valence-electron chi connectivity index (χ3n) is 3.28. The van der Waals surface area contributed by atoms with Crippen molar-refractivity contribution >= 4 is 23.2 Å². The third-order valence-corrected chi connectivity index (χ3v) is 4.16. The van der Waals surface area contributed by atoms with E-state index in [-0.39, 0.29) is 5.38 Å². The Kier molecular flexibility index (Phi) is 3.99. The predicted molar refractivity (Wildman–Crippen MR) is 79.8 cm³/mol. The Balaban J connectivity index is 2.50. The van der Waals surface area contributed by atoms with Crippen molar-refractivity contribution in [1.29, 1.82) is 0 Å². The van der Waals surface area contributed by atoms with Crippen molar-refractivity contribution in [2.24, 2.45) is 0 Å². The smallest absolute Gasteiger partial charge is 0.0840 e. The lowest BCUT2D eigenvalue weighted by molar-refractivity contribution is 1.08. The summed E-state index contributed by atoms with van der Waals surface area (Å²) >= 11 is 12.7. The van der Waals surface area contributed by atoms with Gasteiger partial charge in [-0.2, -0.15) is 0 Å². The molecule has 0 bridgehead atoms. The molecular formula is C16H16Cl2. The van der Waals surface area contributed by atoms with Gasteiger partial charge >= 0.3 is 0 Å². The molecule has 1 atom stereocenters. The monoisotopic (exact) mass is 278 g/mol. The van der Waals surface area contributed by atoms with Crippen molar-refractivity contribution in [3.05, 3.63) is 69.2 Å². The van der Waals surface area contributed by atoms with Crippen LogP contribution in [0.1, 0.15) is 33.2 Å². The molecule has 0 spiro atoms. The maximum atomic E-state index is 6.62. The van der Waals surface area contributed by atoms with Crippen LogP contribution in [0.4, 0.5) is 0 Å². The molecule has 0 aromatic heterocycles. The van der Waals surface area contributed by atoms with Crippen LogP contribution in [0, 0.1) is 20.8 Å². The number of benzene rings is 2. The molecule has 2 aromatic rings. The van der Waals surface area contributed by atoms with Gasteiger partial charge in [0.25, 0.3) is 0 Å². The summed E-state index contributed by atoms with van der Waals surface area (Å²) in [6.07, 6.45) is 0. The van der Waals surface area contributed by atoms with E-state index in [0.717, 1.165) is 27.3 Å². The number of hydrogen-bond donors (Lipinski definition) is 0. The molecule has 0 N–H and O–H groups in total. The van der Waals surface area contributed by atoms with E-state index >= 15 is 0 Å². The number of halogens is 2. The van der Waals surface area contributed by atoms with Gasteiger partial charge in [-0.15, -0.1) is 11.6 Å². The van der Waals surface area contributed by atoms with Crippen molar-refractivity contribution in [3.8, 4) is 0 Å². The molecule has 0 radical (unpaired) electrons. The summed E-state index contributed by atoms with van der Waals surface area (Å²) in [5, 5.41) is 0.673.